The molecule has 0 radical (unpaired) electrons. The van der Waals surface area contributed by atoms with E-state index >= 15 is 0 Å². The molecule has 0 aliphatic rings. The van der Waals surface area contributed by atoms with Crippen LogP contribution in [0, 0.1) is 0 Å². The van der Waals surface area contributed by atoms with Gasteiger partial charge in [-0.15, -0.1) is 0 Å². The monoisotopic (exact) mass is 945 g/mol. The van der Waals surface area contributed by atoms with Gasteiger partial charge in [0.2, 0.25) is 0 Å². The molecular weight excluding hydrogens is 829 g/mol. The molecule has 0 aromatic heterocycles. The van der Waals surface area contributed by atoms with E-state index in [-0.39, 0.29) is 31.1 Å². The number of hydrogen-bond acceptors (Lipinski definition) is 6. The quantitative estimate of drug-likeness (QED) is 0.0262. The van der Waals surface area contributed by atoms with E-state index in [2.05, 4.69) is 32.9 Å². The SMILES string of the molecule is CCCCCCCCCC/C=C\CCCCCCCCCCCCCCCC(=O)OCC(COC(=O)CCCCCCCCCCCC)OC(=O)CCCCCCCCCCCCCCCC. The van der Waals surface area contributed by atoms with E-state index < -0.39 is 6.10 Å². The van der Waals surface area contributed by atoms with Crippen LogP contribution in [0.5, 0.6) is 0 Å². The summed E-state index contributed by atoms with van der Waals surface area (Å²) in [4.78, 5) is 38.1. The molecule has 0 bridgehead atoms. The number of carbonyl (C=O) groups is 3. The van der Waals surface area contributed by atoms with Gasteiger partial charge in [-0.1, -0.05) is 290 Å². The Bertz CT molecular complexity index is 1040. The van der Waals surface area contributed by atoms with Gasteiger partial charge in [-0.25, -0.2) is 0 Å². The molecule has 0 N–H and O–H groups in total. The third-order valence-electron chi connectivity index (χ3n) is 13.8. The second-order valence-electron chi connectivity index (χ2n) is 20.6. The molecule has 0 aromatic rings. The van der Waals surface area contributed by atoms with Gasteiger partial charge in [-0.2, -0.15) is 0 Å². The summed E-state index contributed by atoms with van der Waals surface area (Å²) in [5, 5.41) is 0. The van der Waals surface area contributed by atoms with Gasteiger partial charge in [-0.3, -0.25) is 14.4 Å². The molecule has 0 aromatic carbocycles. The maximum Gasteiger partial charge on any atom is 0.306 e. The zero-order valence-corrected chi connectivity index (χ0v) is 45.5. The van der Waals surface area contributed by atoms with Crippen LogP contribution < -0.4 is 0 Å². The summed E-state index contributed by atoms with van der Waals surface area (Å²) in [6, 6.07) is 0. The van der Waals surface area contributed by atoms with E-state index in [4.69, 9.17) is 14.2 Å². The molecule has 6 nitrogen and oxygen atoms in total. The van der Waals surface area contributed by atoms with Gasteiger partial charge in [0.15, 0.2) is 6.10 Å². The maximum atomic E-state index is 12.8. The Balaban J connectivity index is 4.14. The maximum absolute atomic E-state index is 12.8. The minimum atomic E-state index is -0.763. The first kappa shape index (κ1) is 65.1. The molecule has 67 heavy (non-hydrogen) atoms. The van der Waals surface area contributed by atoms with E-state index in [1.165, 1.54) is 244 Å². The first-order valence-electron chi connectivity index (χ1n) is 30.2. The predicted molar refractivity (Wildman–Crippen MR) is 289 cm³/mol. The van der Waals surface area contributed by atoms with E-state index in [1.54, 1.807) is 0 Å². The zero-order valence-electron chi connectivity index (χ0n) is 45.5. The van der Waals surface area contributed by atoms with Gasteiger partial charge < -0.3 is 14.2 Å². The molecule has 1 atom stereocenters. The van der Waals surface area contributed by atoms with Crippen LogP contribution in [-0.2, 0) is 28.6 Å². The minimum Gasteiger partial charge on any atom is -0.462 e. The average molecular weight is 946 g/mol. The largest absolute Gasteiger partial charge is 0.462 e. The highest BCUT2D eigenvalue weighted by Crippen LogP contribution is 2.17. The molecule has 1 unspecified atom stereocenters. The lowest BCUT2D eigenvalue weighted by atomic mass is 10.0. The van der Waals surface area contributed by atoms with Crippen molar-refractivity contribution in [1.82, 2.24) is 0 Å². The van der Waals surface area contributed by atoms with Crippen molar-refractivity contribution >= 4 is 17.9 Å². The van der Waals surface area contributed by atoms with Crippen molar-refractivity contribution in [3.63, 3.8) is 0 Å². The van der Waals surface area contributed by atoms with Crippen LogP contribution in [0.3, 0.4) is 0 Å². The fourth-order valence-corrected chi connectivity index (χ4v) is 9.21. The summed E-state index contributed by atoms with van der Waals surface area (Å²) in [6.07, 6.45) is 65.1. The van der Waals surface area contributed by atoms with E-state index in [0.717, 1.165) is 57.8 Å². The molecular formula is C61H116O6. The highest BCUT2D eigenvalue weighted by molar-refractivity contribution is 5.71. The Morgan fingerprint density at radius 1 is 0.284 bits per heavy atom. The Hall–Kier alpha value is -1.85. The van der Waals surface area contributed by atoms with Gasteiger partial charge in [-0.05, 0) is 44.9 Å². The van der Waals surface area contributed by atoms with Crippen LogP contribution in [0.15, 0.2) is 12.2 Å². The lowest BCUT2D eigenvalue weighted by molar-refractivity contribution is -0.167. The van der Waals surface area contributed by atoms with Crippen molar-refractivity contribution in [2.75, 3.05) is 13.2 Å². The fraction of sp³-hybridized carbons (Fsp3) is 0.918. The third-order valence-corrected chi connectivity index (χ3v) is 13.8. The molecule has 0 amide bonds. The van der Waals surface area contributed by atoms with Gasteiger partial charge in [0.1, 0.15) is 13.2 Å². The highest BCUT2D eigenvalue weighted by atomic mass is 16.6. The molecule has 0 saturated heterocycles. The van der Waals surface area contributed by atoms with Crippen molar-refractivity contribution in [3.8, 4) is 0 Å². The molecule has 0 heterocycles. The van der Waals surface area contributed by atoms with Crippen molar-refractivity contribution in [3.05, 3.63) is 12.2 Å². The first-order valence-corrected chi connectivity index (χ1v) is 30.2. The Kier molecular flexibility index (Phi) is 55.2. The van der Waals surface area contributed by atoms with Crippen molar-refractivity contribution in [2.24, 2.45) is 0 Å². The molecule has 396 valence electrons. The van der Waals surface area contributed by atoms with Crippen LogP contribution in [-0.4, -0.2) is 37.2 Å². The second kappa shape index (κ2) is 56.7. The van der Waals surface area contributed by atoms with E-state index in [9.17, 15) is 14.4 Å². The predicted octanol–water partition coefficient (Wildman–Crippen LogP) is 20.1. The number of hydrogen-bond donors (Lipinski definition) is 0. The Morgan fingerprint density at radius 3 is 0.746 bits per heavy atom. The number of unbranched alkanes of at least 4 members (excludes halogenated alkanes) is 43. The minimum absolute atomic E-state index is 0.0638. The highest BCUT2D eigenvalue weighted by Gasteiger charge is 2.19. The number of allylic oxidation sites excluding steroid dienone is 2. The van der Waals surface area contributed by atoms with Gasteiger partial charge >= 0.3 is 17.9 Å². The number of carbonyl (C=O) groups excluding carboxylic acids is 3. The summed E-state index contributed by atoms with van der Waals surface area (Å²) in [6.45, 7) is 6.68. The molecule has 0 aliphatic carbocycles. The Morgan fingerprint density at radius 2 is 0.493 bits per heavy atom. The van der Waals surface area contributed by atoms with Crippen LogP contribution in [0.1, 0.15) is 342 Å². The second-order valence-corrected chi connectivity index (χ2v) is 20.6. The molecule has 0 saturated carbocycles. The van der Waals surface area contributed by atoms with Crippen molar-refractivity contribution in [2.45, 2.75) is 348 Å². The summed E-state index contributed by atoms with van der Waals surface area (Å²) in [5.41, 5.74) is 0. The molecule has 0 fully saturated rings. The number of ether oxygens (including phenoxy) is 3. The van der Waals surface area contributed by atoms with Gasteiger partial charge in [0.25, 0.3) is 0 Å². The topological polar surface area (TPSA) is 78.9 Å². The van der Waals surface area contributed by atoms with Crippen molar-refractivity contribution < 1.29 is 28.6 Å². The number of esters is 3. The molecule has 0 rings (SSSR count). The number of rotatable bonds is 56. The average Bonchev–Trinajstić information content (AvgIpc) is 3.33. The first-order chi connectivity index (χ1) is 33.0. The lowest BCUT2D eigenvalue weighted by Crippen LogP contribution is -2.30. The van der Waals surface area contributed by atoms with Crippen LogP contribution >= 0.6 is 0 Å². The molecule has 0 spiro atoms. The zero-order chi connectivity index (χ0) is 48.6. The third kappa shape index (κ3) is 55.0. The standard InChI is InChI=1S/C61H116O6/c1-4-7-10-13-16-19-22-24-26-27-28-29-30-31-32-33-34-35-36-38-39-42-45-48-51-54-60(63)66-57-58(56-65-59(62)53-50-47-44-41-21-18-15-12-9-6-3)67-61(64)55-52-49-46-43-40-37-25-23-20-17-14-11-8-5-2/h27-28,58H,4-26,29-57H2,1-3H3/b28-27-. The van der Waals surface area contributed by atoms with Crippen LogP contribution in [0.4, 0.5) is 0 Å². The van der Waals surface area contributed by atoms with E-state index in [0.29, 0.717) is 19.3 Å². The lowest BCUT2D eigenvalue weighted by Gasteiger charge is -2.18. The summed E-state index contributed by atoms with van der Waals surface area (Å²) in [7, 11) is 0. The summed E-state index contributed by atoms with van der Waals surface area (Å²) >= 11 is 0. The molecule has 0 aliphatic heterocycles. The smallest absolute Gasteiger partial charge is 0.306 e. The normalized spacial score (nSPS) is 12.0. The summed E-state index contributed by atoms with van der Waals surface area (Å²) in [5.74, 6) is -0.841. The van der Waals surface area contributed by atoms with Gasteiger partial charge in [0, 0.05) is 19.3 Å². The summed E-state index contributed by atoms with van der Waals surface area (Å²) < 4.78 is 16.9. The molecule has 6 heteroatoms. The van der Waals surface area contributed by atoms with E-state index in [1.807, 2.05) is 0 Å². The Labute approximate surface area is 418 Å². The van der Waals surface area contributed by atoms with Crippen LogP contribution in [0.25, 0.3) is 0 Å². The van der Waals surface area contributed by atoms with Crippen molar-refractivity contribution in [1.29, 1.82) is 0 Å². The fourth-order valence-electron chi connectivity index (χ4n) is 9.21. The van der Waals surface area contributed by atoms with Gasteiger partial charge in [0.05, 0.1) is 0 Å². The van der Waals surface area contributed by atoms with Crippen LogP contribution in [0.2, 0.25) is 0 Å².